The maximum absolute atomic E-state index is 11.9. The van der Waals surface area contributed by atoms with Crippen LogP contribution >= 0.6 is 11.3 Å². The van der Waals surface area contributed by atoms with E-state index in [1.165, 1.54) is 0 Å². The van der Waals surface area contributed by atoms with Gasteiger partial charge in [0.05, 0.1) is 17.2 Å². The number of aliphatic hydroxyl groups is 1. The molecule has 1 aromatic rings. The van der Waals surface area contributed by atoms with Crippen LogP contribution in [0.5, 0.6) is 0 Å². The molecule has 0 aliphatic heterocycles. The summed E-state index contributed by atoms with van der Waals surface area (Å²) in [6.45, 7) is 1.28. The number of hydrogen-bond acceptors (Lipinski definition) is 4. The highest BCUT2D eigenvalue weighted by Gasteiger charge is 2.22. The second-order valence-corrected chi connectivity index (χ2v) is 3.43. The van der Waals surface area contributed by atoms with Crippen LogP contribution in [0.25, 0.3) is 0 Å². The normalized spacial score (nSPS) is 10.8. The Morgan fingerprint density at radius 3 is 2.69 bits per heavy atom. The summed E-state index contributed by atoms with van der Waals surface area (Å²) in [6.07, 6.45) is -3.03. The topological polar surface area (TPSA) is 50.2 Å². The summed E-state index contributed by atoms with van der Waals surface area (Å²) in [7, 11) is 0. The van der Waals surface area contributed by atoms with E-state index in [0.717, 1.165) is 11.3 Å². The summed E-state index contributed by atoms with van der Waals surface area (Å²) in [5, 5.41) is 8.48. The fourth-order valence-electron chi connectivity index (χ4n) is 0.773. The molecule has 0 radical (unpaired) electrons. The zero-order chi connectivity index (χ0) is 10.0. The number of rotatable bonds is 3. The first-order valence-electron chi connectivity index (χ1n) is 3.45. The molecular formula is C7H7F2NO2S. The lowest BCUT2D eigenvalue weighted by Gasteiger charge is -1.90. The molecule has 0 unspecified atom stereocenters. The quantitative estimate of drug-likeness (QED) is 0.762. The minimum Gasteiger partial charge on any atom is -0.391 e. The third-order valence-electron chi connectivity index (χ3n) is 1.45. The van der Waals surface area contributed by atoms with Crippen molar-refractivity contribution < 1.29 is 18.7 Å². The first-order valence-corrected chi connectivity index (χ1v) is 4.27. The number of carbonyl (C=O) groups excluding carboxylic acids is 1. The number of aliphatic hydroxyl groups excluding tert-OH is 1. The van der Waals surface area contributed by atoms with E-state index >= 15 is 0 Å². The van der Waals surface area contributed by atoms with E-state index in [9.17, 15) is 13.6 Å². The van der Waals surface area contributed by atoms with E-state index < -0.39 is 12.2 Å². The summed E-state index contributed by atoms with van der Waals surface area (Å²) in [5.41, 5.74) is 0.427. The summed E-state index contributed by atoms with van der Waals surface area (Å²) >= 11 is 0.805. The van der Waals surface area contributed by atoms with Gasteiger partial charge in [0.1, 0.15) is 0 Å². The van der Waals surface area contributed by atoms with Gasteiger partial charge in [0.15, 0.2) is 5.01 Å². The lowest BCUT2D eigenvalue weighted by molar-refractivity contribution is 0.0678. The minimum atomic E-state index is -3.03. The van der Waals surface area contributed by atoms with Gasteiger partial charge in [0, 0.05) is 0 Å². The van der Waals surface area contributed by atoms with Crippen LogP contribution in [0.2, 0.25) is 0 Å². The van der Waals surface area contributed by atoms with Crippen molar-refractivity contribution in [1.82, 2.24) is 4.98 Å². The van der Waals surface area contributed by atoms with Gasteiger partial charge in [-0.1, -0.05) is 0 Å². The van der Waals surface area contributed by atoms with Crippen LogP contribution in [-0.2, 0) is 6.61 Å². The van der Waals surface area contributed by atoms with E-state index in [-0.39, 0.29) is 11.6 Å². The van der Waals surface area contributed by atoms with Gasteiger partial charge in [-0.15, -0.1) is 11.3 Å². The lowest BCUT2D eigenvalue weighted by atomic mass is 10.4. The standard InChI is InChI=1S/C7H7F2NO2S/c1-3-4(2-11)13-7(10-3)5(12)6(8)9/h6,11H,2H2,1H3. The van der Waals surface area contributed by atoms with Gasteiger partial charge in [-0.25, -0.2) is 13.8 Å². The molecule has 72 valence electrons. The van der Waals surface area contributed by atoms with Gasteiger partial charge >= 0.3 is 6.43 Å². The number of aromatic nitrogens is 1. The molecule has 1 aromatic heterocycles. The van der Waals surface area contributed by atoms with Crippen molar-refractivity contribution in [3.05, 3.63) is 15.6 Å². The number of nitrogens with zero attached hydrogens (tertiary/aromatic N) is 1. The average Bonchev–Trinajstić information content (AvgIpc) is 2.45. The van der Waals surface area contributed by atoms with E-state index in [2.05, 4.69) is 4.98 Å². The van der Waals surface area contributed by atoms with Gasteiger partial charge in [-0.05, 0) is 6.92 Å². The van der Waals surface area contributed by atoms with E-state index in [4.69, 9.17) is 5.11 Å². The van der Waals surface area contributed by atoms with Crippen molar-refractivity contribution in [2.24, 2.45) is 0 Å². The Balaban J connectivity index is 2.97. The van der Waals surface area contributed by atoms with Crippen LogP contribution in [0.1, 0.15) is 20.4 Å². The molecule has 0 aliphatic carbocycles. The molecule has 3 nitrogen and oxygen atoms in total. The molecular weight excluding hydrogens is 200 g/mol. The first kappa shape index (κ1) is 10.2. The number of ketones is 1. The fraction of sp³-hybridized carbons (Fsp3) is 0.429. The molecule has 1 N–H and O–H groups in total. The molecule has 0 amide bonds. The Kier molecular flexibility index (Phi) is 3.05. The molecule has 0 bridgehead atoms. The maximum atomic E-state index is 11.9. The smallest absolute Gasteiger partial charge is 0.303 e. The van der Waals surface area contributed by atoms with E-state index in [0.29, 0.717) is 10.6 Å². The highest BCUT2D eigenvalue weighted by Crippen LogP contribution is 2.20. The molecule has 0 atom stereocenters. The van der Waals surface area contributed by atoms with Crippen molar-refractivity contribution in [1.29, 1.82) is 0 Å². The van der Waals surface area contributed by atoms with Crippen LogP contribution in [0, 0.1) is 6.92 Å². The number of carbonyl (C=O) groups is 1. The Hall–Kier alpha value is -0.880. The van der Waals surface area contributed by atoms with E-state index in [1.54, 1.807) is 6.92 Å². The summed E-state index contributed by atoms with van der Waals surface area (Å²) < 4.78 is 23.8. The van der Waals surface area contributed by atoms with Gasteiger partial charge in [-0.2, -0.15) is 0 Å². The predicted molar refractivity (Wildman–Crippen MR) is 43.1 cm³/mol. The van der Waals surface area contributed by atoms with Gasteiger partial charge in [0.25, 0.3) is 5.78 Å². The zero-order valence-electron chi connectivity index (χ0n) is 6.75. The third kappa shape index (κ3) is 2.07. The van der Waals surface area contributed by atoms with Crippen molar-refractivity contribution >= 4 is 17.1 Å². The Morgan fingerprint density at radius 1 is 1.69 bits per heavy atom. The molecule has 1 rings (SSSR count). The van der Waals surface area contributed by atoms with Gasteiger partial charge in [0.2, 0.25) is 0 Å². The van der Waals surface area contributed by atoms with Gasteiger partial charge in [-0.3, -0.25) is 4.79 Å². The number of Topliss-reactive ketones (excluding diaryl/α,β-unsaturated/α-hetero) is 1. The maximum Gasteiger partial charge on any atom is 0.303 e. The largest absolute Gasteiger partial charge is 0.391 e. The highest BCUT2D eigenvalue weighted by molar-refractivity contribution is 7.13. The molecule has 0 spiro atoms. The van der Waals surface area contributed by atoms with Crippen LogP contribution in [-0.4, -0.2) is 22.3 Å². The van der Waals surface area contributed by atoms with Crippen LogP contribution < -0.4 is 0 Å². The third-order valence-corrected chi connectivity index (χ3v) is 2.60. The average molecular weight is 207 g/mol. The monoisotopic (exact) mass is 207 g/mol. The van der Waals surface area contributed by atoms with Crippen LogP contribution in [0.3, 0.4) is 0 Å². The molecule has 0 saturated heterocycles. The fourth-order valence-corrected chi connectivity index (χ4v) is 1.64. The zero-order valence-corrected chi connectivity index (χ0v) is 7.57. The lowest BCUT2D eigenvalue weighted by Crippen LogP contribution is -2.09. The number of aryl methyl sites for hydroxylation is 1. The molecule has 13 heavy (non-hydrogen) atoms. The minimum absolute atomic E-state index is 0.239. The van der Waals surface area contributed by atoms with Crippen LogP contribution in [0.4, 0.5) is 8.78 Å². The van der Waals surface area contributed by atoms with Gasteiger partial charge < -0.3 is 5.11 Å². The predicted octanol–water partition coefficient (Wildman–Crippen LogP) is 1.39. The molecule has 0 aromatic carbocycles. The van der Waals surface area contributed by atoms with Crippen LogP contribution in [0.15, 0.2) is 0 Å². The second kappa shape index (κ2) is 3.89. The van der Waals surface area contributed by atoms with Crippen molar-refractivity contribution in [2.75, 3.05) is 0 Å². The molecule has 0 aliphatic rings. The number of hydrogen-bond donors (Lipinski definition) is 1. The summed E-state index contributed by atoms with van der Waals surface area (Å²) in [4.78, 5) is 14.8. The molecule has 1 heterocycles. The summed E-state index contributed by atoms with van der Waals surface area (Å²) in [5.74, 6) is -1.28. The molecule has 6 heteroatoms. The van der Waals surface area contributed by atoms with E-state index in [1.807, 2.05) is 0 Å². The van der Waals surface area contributed by atoms with Crippen molar-refractivity contribution in [3.63, 3.8) is 0 Å². The second-order valence-electron chi connectivity index (χ2n) is 2.35. The number of halogens is 2. The summed E-state index contributed by atoms with van der Waals surface area (Å²) in [6, 6.07) is 0. The molecule has 0 fully saturated rings. The Bertz CT molecular complexity index is 324. The Morgan fingerprint density at radius 2 is 2.31 bits per heavy atom. The Labute approximate surface area is 77.0 Å². The number of thiazole rings is 1. The van der Waals surface area contributed by atoms with Crippen molar-refractivity contribution in [2.45, 2.75) is 20.0 Å². The SMILES string of the molecule is Cc1nc(C(=O)C(F)F)sc1CO. The molecule has 0 saturated carbocycles. The first-order chi connectivity index (χ1) is 6.06. The highest BCUT2D eigenvalue weighted by atomic mass is 32.1. The number of alkyl halides is 2. The van der Waals surface area contributed by atoms with Crippen molar-refractivity contribution in [3.8, 4) is 0 Å².